The summed E-state index contributed by atoms with van der Waals surface area (Å²) in [7, 11) is 0. The Morgan fingerprint density at radius 1 is 0.889 bits per heavy atom. The lowest BCUT2D eigenvalue weighted by molar-refractivity contribution is 0.560. The van der Waals surface area contributed by atoms with Gasteiger partial charge < -0.3 is 19.5 Å². The van der Waals surface area contributed by atoms with Crippen LogP contribution in [0.15, 0.2) is 97.9 Å². The molecule has 3 aromatic carbocycles. The third kappa shape index (κ3) is 4.66. The first-order chi connectivity index (χ1) is 17.4. The fraction of sp³-hybridized carbons (Fsp3) is 0.133. The molecule has 5 rings (SSSR count). The molecule has 0 saturated carbocycles. The van der Waals surface area contributed by atoms with Crippen LogP contribution in [0.5, 0.6) is 0 Å². The minimum atomic E-state index is -0.378. The summed E-state index contributed by atoms with van der Waals surface area (Å²) < 4.78 is 11.0. The quantitative estimate of drug-likeness (QED) is 0.264. The van der Waals surface area contributed by atoms with Crippen LogP contribution >= 0.6 is 0 Å². The molecule has 6 heteroatoms. The van der Waals surface area contributed by atoms with Crippen molar-refractivity contribution in [2.24, 2.45) is 0 Å². The second-order valence-electron chi connectivity index (χ2n) is 8.84. The van der Waals surface area contributed by atoms with Crippen LogP contribution in [0.1, 0.15) is 16.7 Å². The standard InChI is InChI=1S/C30H26N2O4/c1-4-31-23-9-8-22-15-25(30(34)36-27(22)16-23)21-7-5-6-20(14-21)10-11-32-26-17-28-24(12-19(26)3)18(2)13-29(33)35-28/h4-9,12-17,31-32H,1,10-11H2,2-3H3. The molecule has 0 bridgehead atoms. The maximum absolute atomic E-state index is 12.8. The number of aryl methyl sites for hydroxylation is 2. The summed E-state index contributed by atoms with van der Waals surface area (Å²) in [6, 6.07) is 20.8. The van der Waals surface area contributed by atoms with E-state index in [2.05, 4.69) is 17.2 Å². The molecule has 0 amide bonds. The summed E-state index contributed by atoms with van der Waals surface area (Å²) >= 11 is 0. The van der Waals surface area contributed by atoms with Gasteiger partial charge in [-0.3, -0.25) is 0 Å². The lowest BCUT2D eigenvalue weighted by Gasteiger charge is -2.12. The molecule has 180 valence electrons. The van der Waals surface area contributed by atoms with Crippen LogP contribution in [0.4, 0.5) is 11.4 Å². The second-order valence-corrected chi connectivity index (χ2v) is 8.84. The van der Waals surface area contributed by atoms with Crippen LogP contribution in [-0.4, -0.2) is 6.54 Å². The summed E-state index contributed by atoms with van der Waals surface area (Å²) in [6.45, 7) is 8.27. The number of hydrogen-bond acceptors (Lipinski definition) is 6. The first-order valence-corrected chi connectivity index (χ1v) is 11.7. The highest BCUT2D eigenvalue weighted by molar-refractivity contribution is 5.85. The van der Waals surface area contributed by atoms with Crippen molar-refractivity contribution in [3.05, 3.63) is 117 Å². The summed E-state index contributed by atoms with van der Waals surface area (Å²) in [4.78, 5) is 24.5. The number of rotatable bonds is 7. The molecule has 0 aliphatic rings. The molecule has 0 unspecified atom stereocenters. The number of hydrogen-bond donors (Lipinski definition) is 2. The Morgan fingerprint density at radius 2 is 1.75 bits per heavy atom. The zero-order valence-electron chi connectivity index (χ0n) is 20.2. The third-order valence-corrected chi connectivity index (χ3v) is 6.27. The Labute approximate surface area is 207 Å². The van der Waals surface area contributed by atoms with Gasteiger partial charge in [-0.1, -0.05) is 30.8 Å². The third-order valence-electron chi connectivity index (χ3n) is 6.27. The van der Waals surface area contributed by atoms with Crippen LogP contribution in [-0.2, 0) is 6.42 Å². The van der Waals surface area contributed by atoms with E-state index in [4.69, 9.17) is 8.83 Å². The molecule has 6 nitrogen and oxygen atoms in total. The maximum Gasteiger partial charge on any atom is 0.344 e. The van der Waals surface area contributed by atoms with Gasteiger partial charge in [0.1, 0.15) is 11.2 Å². The van der Waals surface area contributed by atoms with Gasteiger partial charge in [0.15, 0.2) is 0 Å². The molecule has 0 spiro atoms. The molecule has 2 N–H and O–H groups in total. The zero-order chi connectivity index (χ0) is 25.2. The number of benzene rings is 3. The van der Waals surface area contributed by atoms with Gasteiger partial charge in [-0.05, 0) is 73.0 Å². The van der Waals surface area contributed by atoms with E-state index in [1.165, 1.54) is 6.07 Å². The predicted octanol–water partition coefficient (Wildman–Crippen LogP) is 6.39. The van der Waals surface area contributed by atoms with Gasteiger partial charge in [0.2, 0.25) is 0 Å². The highest BCUT2D eigenvalue weighted by Gasteiger charge is 2.10. The first kappa shape index (κ1) is 23.2. The summed E-state index contributed by atoms with van der Waals surface area (Å²) in [5.41, 5.74) is 6.51. The van der Waals surface area contributed by atoms with E-state index in [1.54, 1.807) is 12.3 Å². The highest BCUT2D eigenvalue weighted by Crippen LogP contribution is 2.26. The average Bonchev–Trinajstić information content (AvgIpc) is 2.85. The van der Waals surface area contributed by atoms with Crippen LogP contribution in [0.3, 0.4) is 0 Å². The highest BCUT2D eigenvalue weighted by atomic mass is 16.4. The van der Waals surface area contributed by atoms with Crippen molar-refractivity contribution < 1.29 is 8.83 Å². The van der Waals surface area contributed by atoms with Gasteiger partial charge in [0.05, 0.1) is 5.56 Å². The molecule has 2 aromatic heterocycles. The minimum Gasteiger partial charge on any atom is -0.423 e. The maximum atomic E-state index is 12.8. The van der Waals surface area contributed by atoms with Crippen molar-refractivity contribution in [2.75, 3.05) is 17.2 Å². The Bertz CT molecular complexity index is 1730. The van der Waals surface area contributed by atoms with Gasteiger partial charge in [0, 0.05) is 46.9 Å². The lowest BCUT2D eigenvalue weighted by atomic mass is 10.0. The van der Waals surface area contributed by atoms with Crippen LogP contribution in [0.25, 0.3) is 33.1 Å². The number of nitrogens with one attached hydrogen (secondary N) is 2. The van der Waals surface area contributed by atoms with E-state index in [0.29, 0.717) is 23.3 Å². The van der Waals surface area contributed by atoms with Crippen molar-refractivity contribution in [1.82, 2.24) is 0 Å². The Morgan fingerprint density at radius 3 is 2.58 bits per heavy atom. The molecule has 36 heavy (non-hydrogen) atoms. The molecular formula is C30H26N2O4. The zero-order valence-corrected chi connectivity index (χ0v) is 20.2. The minimum absolute atomic E-state index is 0.348. The van der Waals surface area contributed by atoms with Crippen molar-refractivity contribution in [1.29, 1.82) is 0 Å². The normalized spacial score (nSPS) is 11.1. The van der Waals surface area contributed by atoms with E-state index < -0.39 is 0 Å². The smallest absolute Gasteiger partial charge is 0.344 e. The molecule has 0 atom stereocenters. The molecule has 0 aliphatic carbocycles. The van der Waals surface area contributed by atoms with E-state index in [0.717, 1.165) is 50.8 Å². The molecule has 0 fully saturated rings. The molecular weight excluding hydrogens is 452 g/mol. The Balaban J connectivity index is 1.35. The second kappa shape index (κ2) is 9.58. The van der Waals surface area contributed by atoms with Crippen LogP contribution in [0, 0.1) is 13.8 Å². The monoisotopic (exact) mass is 478 g/mol. The number of anilines is 2. The topological polar surface area (TPSA) is 84.5 Å². The van der Waals surface area contributed by atoms with Crippen LogP contribution in [0.2, 0.25) is 0 Å². The Kier molecular flexibility index (Phi) is 6.17. The van der Waals surface area contributed by atoms with Crippen molar-refractivity contribution >= 4 is 33.3 Å². The van der Waals surface area contributed by atoms with Gasteiger partial charge in [-0.25, -0.2) is 9.59 Å². The van der Waals surface area contributed by atoms with Gasteiger partial charge >= 0.3 is 11.3 Å². The van der Waals surface area contributed by atoms with E-state index in [-0.39, 0.29) is 11.3 Å². The molecule has 0 saturated heterocycles. The SMILES string of the molecule is C=CNc1ccc2cc(-c3cccc(CCNc4cc5oc(=O)cc(C)c5cc4C)c3)c(=O)oc2c1. The molecule has 0 radical (unpaired) electrons. The predicted molar refractivity (Wildman–Crippen MR) is 146 cm³/mol. The van der Waals surface area contributed by atoms with Crippen molar-refractivity contribution in [3.8, 4) is 11.1 Å². The fourth-order valence-corrected chi connectivity index (χ4v) is 4.42. The van der Waals surface area contributed by atoms with E-state index in [1.807, 2.05) is 68.4 Å². The van der Waals surface area contributed by atoms with Gasteiger partial charge in [0.25, 0.3) is 0 Å². The molecule has 5 aromatic rings. The largest absolute Gasteiger partial charge is 0.423 e. The summed E-state index contributed by atoms with van der Waals surface area (Å²) in [5.74, 6) is 0. The number of fused-ring (bicyclic) bond motifs is 2. The van der Waals surface area contributed by atoms with E-state index >= 15 is 0 Å². The van der Waals surface area contributed by atoms with E-state index in [9.17, 15) is 9.59 Å². The van der Waals surface area contributed by atoms with Gasteiger partial charge in [-0.15, -0.1) is 0 Å². The summed E-state index contributed by atoms with van der Waals surface area (Å²) in [6.07, 6.45) is 2.33. The Hall–Kier alpha value is -4.58. The average molecular weight is 479 g/mol. The van der Waals surface area contributed by atoms with Crippen LogP contribution < -0.4 is 21.9 Å². The summed E-state index contributed by atoms with van der Waals surface area (Å²) in [5, 5.41) is 8.23. The first-order valence-electron chi connectivity index (χ1n) is 11.7. The van der Waals surface area contributed by atoms with Gasteiger partial charge in [-0.2, -0.15) is 0 Å². The van der Waals surface area contributed by atoms with Crippen molar-refractivity contribution in [3.63, 3.8) is 0 Å². The molecule has 0 aliphatic heterocycles. The lowest BCUT2D eigenvalue weighted by Crippen LogP contribution is -2.07. The molecule has 2 heterocycles. The fourth-order valence-electron chi connectivity index (χ4n) is 4.42. The van der Waals surface area contributed by atoms with Crippen molar-refractivity contribution in [2.45, 2.75) is 20.3 Å².